The number of nitrogens with zero attached hydrogens (tertiary/aromatic N) is 1. The van der Waals surface area contributed by atoms with Crippen molar-refractivity contribution in [2.45, 2.75) is 26.2 Å². The van der Waals surface area contributed by atoms with Crippen molar-refractivity contribution in [2.75, 3.05) is 18.4 Å². The summed E-state index contributed by atoms with van der Waals surface area (Å²) < 4.78 is 0. The molecule has 4 heteroatoms. The molecule has 1 aromatic carbocycles. The third-order valence-corrected chi connectivity index (χ3v) is 4.49. The first-order valence-corrected chi connectivity index (χ1v) is 8.56. The van der Waals surface area contributed by atoms with Gasteiger partial charge in [-0.1, -0.05) is 30.9 Å². The van der Waals surface area contributed by atoms with Gasteiger partial charge >= 0.3 is 0 Å². The van der Waals surface area contributed by atoms with E-state index in [1.165, 1.54) is 5.56 Å². The topological polar surface area (TPSA) is 64.9 Å². The van der Waals surface area contributed by atoms with Crippen molar-refractivity contribution in [3.63, 3.8) is 0 Å². The minimum Gasteiger partial charge on any atom is -0.326 e. The molecule has 0 aliphatic carbocycles. The van der Waals surface area contributed by atoms with Crippen LogP contribution in [-0.4, -0.2) is 19.0 Å². The van der Waals surface area contributed by atoms with Crippen molar-refractivity contribution in [3.8, 4) is 6.07 Å². The number of hydrogen-bond acceptors (Lipinski definition) is 3. The van der Waals surface area contributed by atoms with E-state index in [0.717, 1.165) is 25.2 Å². The van der Waals surface area contributed by atoms with Crippen LogP contribution in [0.25, 0.3) is 0 Å². The number of anilines is 1. The van der Waals surface area contributed by atoms with E-state index in [1.54, 1.807) is 25.2 Å². The van der Waals surface area contributed by atoms with Crippen LogP contribution in [0.4, 0.5) is 5.69 Å². The zero-order chi connectivity index (χ0) is 18.2. The fourth-order valence-electron chi connectivity index (χ4n) is 2.69. The van der Waals surface area contributed by atoms with E-state index in [4.69, 9.17) is 5.26 Å². The third-order valence-electron chi connectivity index (χ3n) is 4.49. The largest absolute Gasteiger partial charge is 0.326 e. The summed E-state index contributed by atoms with van der Waals surface area (Å²) in [5, 5.41) is 15.0. The predicted octanol–water partition coefficient (Wildman–Crippen LogP) is 3.92. The first kappa shape index (κ1) is 18.7. The molecule has 0 radical (unpaired) electrons. The van der Waals surface area contributed by atoms with Crippen LogP contribution >= 0.6 is 0 Å². The number of nitrogens with one attached hydrogen (secondary N) is 2. The summed E-state index contributed by atoms with van der Waals surface area (Å²) in [6, 6.07) is 10.1. The SMILES string of the molecule is C=C(/C=C\C=C(/C)C#N)C(C)C(=O)Nc1ccc(C2CCNC2)cc1. The molecule has 0 aromatic heterocycles. The fraction of sp³-hybridized carbons (Fsp3) is 0.333. The van der Waals surface area contributed by atoms with E-state index in [1.807, 2.05) is 25.1 Å². The summed E-state index contributed by atoms with van der Waals surface area (Å²) in [4.78, 5) is 12.4. The van der Waals surface area contributed by atoms with E-state index in [2.05, 4.69) is 29.3 Å². The summed E-state index contributed by atoms with van der Waals surface area (Å²) in [5.41, 5.74) is 3.42. The Kier molecular flexibility index (Phi) is 6.73. The minimum atomic E-state index is -0.342. The summed E-state index contributed by atoms with van der Waals surface area (Å²) in [6.07, 6.45) is 6.37. The average Bonchev–Trinajstić information content (AvgIpc) is 3.16. The van der Waals surface area contributed by atoms with Gasteiger partial charge in [0.25, 0.3) is 0 Å². The monoisotopic (exact) mass is 335 g/mol. The Labute approximate surface area is 149 Å². The van der Waals surface area contributed by atoms with Crippen molar-refractivity contribution in [1.29, 1.82) is 5.26 Å². The Hall–Kier alpha value is -2.64. The lowest BCUT2D eigenvalue weighted by atomic mass is 9.98. The lowest BCUT2D eigenvalue weighted by Crippen LogP contribution is -2.21. The molecule has 0 bridgehead atoms. The maximum Gasteiger partial charge on any atom is 0.231 e. The molecule has 0 saturated carbocycles. The van der Waals surface area contributed by atoms with Gasteiger partial charge in [-0.2, -0.15) is 5.26 Å². The molecule has 0 spiro atoms. The van der Waals surface area contributed by atoms with Gasteiger partial charge < -0.3 is 10.6 Å². The van der Waals surface area contributed by atoms with Gasteiger partial charge in [0.15, 0.2) is 0 Å². The first-order chi connectivity index (χ1) is 12.0. The van der Waals surface area contributed by atoms with Gasteiger partial charge in [-0.25, -0.2) is 0 Å². The van der Waals surface area contributed by atoms with Crippen molar-refractivity contribution in [3.05, 3.63) is 65.8 Å². The molecule has 2 atom stereocenters. The van der Waals surface area contributed by atoms with Crippen molar-refractivity contribution >= 4 is 11.6 Å². The number of allylic oxidation sites excluding steroid dienone is 4. The van der Waals surface area contributed by atoms with Gasteiger partial charge in [0.2, 0.25) is 5.91 Å². The van der Waals surface area contributed by atoms with E-state index < -0.39 is 0 Å². The predicted molar refractivity (Wildman–Crippen MR) is 102 cm³/mol. The number of rotatable bonds is 6. The van der Waals surface area contributed by atoms with Gasteiger partial charge in [0.05, 0.1) is 12.0 Å². The Morgan fingerprint density at radius 2 is 2.16 bits per heavy atom. The number of nitriles is 1. The number of hydrogen-bond donors (Lipinski definition) is 2. The molecule has 2 rings (SSSR count). The Morgan fingerprint density at radius 1 is 1.44 bits per heavy atom. The van der Waals surface area contributed by atoms with Crippen LogP contribution in [0.3, 0.4) is 0 Å². The van der Waals surface area contributed by atoms with Crippen molar-refractivity contribution < 1.29 is 4.79 Å². The third kappa shape index (κ3) is 5.44. The molecule has 1 amide bonds. The lowest BCUT2D eigenvalue weighted by molar-refractivity contribution is -0.118. The van der Waals surface area contributed by atoms with E-state index >= 15 is 0 Å². The molecule has 130 valence electrons. The normalized spacial score (nSPS) is 18.8. The van der Waals surface area contributed by atoms with Crippen molar-refractivity contribution in [2.24, 2.45) is 5.92 Å². The zero-order valence-electron chi connectivity index (χ0n) is 14.9. The molecule has 1 aromatic rings. The molecule has 2 unspecified atom stereocenters. The second kappa shape index (κ2) is 9.00. The van der Waals surface area contributed by atoms with Crippen LogP contribution in [0.1, 0.15) is 31.7 Å². The second-order valence-corrected chi connectivity index (χ2v) is 6.42. The van der Waals surface area contributed by atoms with Gasteiger partial charge in [0, 0.05) is 17.8 Å². The molecule has 1 aliphatic rings. The summed E-state index contributed by atoms with van der Waals surface area (Å²) in [6.45, 7) is 9.58. The van der Waals surface area contributed by atoms with Gasteiger partial charge in [0.1, 0.15) is 0 Å². The van der Waals surface area contributed by atoms with Crippen LogP contribution in [0, 0.1) is 17.2 Å². The molecule has 1 saturated heterocycles. The summed E-state index contributed by atoms with van der Waals surface area (Å²) in [5.74, 6) is 0.134. The van der Waals surface area contributed by atoms with E-state index in [0.29, 0.717) is 17.1 Å². The smallest absolute Gasteiger partial charge is 0.231 e. The number of carbonyl (C=O) groups is 1. The summed E-state index contributed by atoms with van der Waals surface area (Å²) >= 11 is 0. The Balaban J connectivity index is 1.92. The maximum atomic E-state index is 12.4. The average molecular weight is 335 g/mol. The fourth-order valence-corrected chi connectivity index (χ4v) is 2.69. The minimum absolute atomic E-state index is 0.0917. The molecular formula is C21H25N3O. The van der Waals surface area contributed by atoms with Gasteiger partial charge in [-0.15, -0.1) is 0 Å². The number of carbonyl (C=O) groups excluding carboxylic acids is 1. The maximum absolute atomic E-state index is 12.4. The number of benzene rings is 1. The highest BCUT2D eigenvalue weighted by atomic mass is 16.1. The quantitative estimate of drug-likeness (QED) is 0.612. The highest BCUT2D eigenvalue weighted by Gasteiger charge is 2.17. The zero-order valence-corrected chi connectivity index (χ0v) is 14.9. The van der Waals surface area contributed by atoms with Gasteiger partial charge in [-0.3, -0.25) is 4.79 Å². The highest BCUT2D eigenvalue weighted by molar-refractivity contribution is 5.94. The Morgan fingerprint density at radius 3 is 2.76 bits per heavy atom. The van der Waals surface area contributed by atoms with E-state index in [9.17, 15) is 4.79 Å². The number of amides is 1. The second-order valence-electron chi connectivity index (χ2n) is 6.42. The van der Waals surface area contributed by atoms with Crippen LogP contribution in [0.15, 0.2) is 60.2 Å². The molecule has 25 heavy (non-hydrogen) atoms. The molecule has 1 fully saturated rings. The molecular weight excluding hydrogens is 310 g/mol. The Bertz CT molecular complexity index is 717. The highest BCUT2D eigenvalue weighted by Crippen LogP contribution is 2.24. The van der Waals surface area contributed by atoms with Crippen LogP contribution in [-0.2, 0) is 4.79 Å². The lowest BCUT2D eigenvalue weighted by Gasteiger charge is -2.14. The first-order valence-electron chi connectivity index (χ1n) is 8.56. The summed E-state index contributed by atoms with van der Waals surface area (Å²) in [7, 11) is 0. The van der Waals surface area contributed by atoms with Crippen LogP contribution < -0.4 is 10.6 Å². The standard InChI is InChI=1S/C21H25N3O/c1-15(13-22)5-4-6-16(2)17(3)21(25)24-20-9-7-18(8-10-20)19-11-12-23-14-19/h4-10,17,19,23H,2,11-12,14H2,1,3H3,(H,24,25)/b6-4-,15-5+. The molecule has 1 heterocycles. The molecule has 4 nitrogen and oxygen atoms in total. The van der Waals surface area contributed by atoms with Crippen LogP contribution in [0.5, 0.6) is 0 Å². The molecule has 1 aliphatic heterocycles. The van der Waals surface area contributed by atoms with Crippen LogP contribution in [0.2, 0.25) is 0 Å². The molecule has 2 N–H and O–H groups in total. The van der Waals surface area contributed by atoms with Crippen molar-refractivity contribution in [1.82, 2.24) is 5.32 Å². The van der Waals surface area contributed by atoms with E-state index in [-0.39, 0.29) is 11.8 Å². The van der Waals surface area contributed by atoms with Gasteiger partial charge in [-0.05, 0) is 62.1 Å².